The van der Waals surface area contributed by atoms with Crippen molar-refractivity contribution in [3.63, 3.8) is 0 Å². The number of allylic oxidation sites excluding steroid dienone is 4. The third-order valence-electron chi connectivity index (χ3n) is 2.77. The molecule has 0 aromatic rings. The molecule has 13 heavy (non-hydrogen) atoms. The first kappa shape index (κ1) is 10.9. The van der Waals surface area contributed by atoms with Crippen molar-refractivity contribution >= 4 is 24.7 Å². The van der Waals surface area contributed by atoms with E-state index < -0.39 is 0 Å². The molecule has 1 heterocycles. The van der Waals surface area contributed by atoms with E-state index in [1.807, 2.05) is 0 Å². The Bertz CT molecular complexity index is 279. The Morgan fingerprint density at radius 1 is 1.54 bits per heavy atom. The highest BCUT2D eigenvalue weighted by atomic mass is 127. The van der Waals surface area contributed by atoms with Crippen molar-refractivity contribution in [1.29, 1.82) is 0 Å². The lowest BCUT2D eigenvalue weighted by atomic mass is 9.76. The van der Waals surface area contributed by atoms with Gasteiger partial charge in [0.25, 0.3) is 0 Å². The van der Waals surface area contributed by atoms with Gasteiger partial charge in [-0.2, -0.15) is 0 Å². The van der Waals surface area contributed by atoms with Crippen LogP contribution in [0.3, 0.4) is 0 Å². The minimum absolute atomic E-state index is 0.179. The van der Waals surface area contributed by atoms with Crippen LogP contribution in [0.15, 0.2) is 34.5 Å². The van der Waals surface area contributed by atoms with Crippen LogP contribution in [0.25, 0.3) is 0 Å². The fraction of sp³-hybridized carbons (Fsp3) is 0.417. The van der Waals surface area contributed by atoms with Crippen LogP contribution in [0.2, 0.25) is 0 Å². The Morgan fingerprint density at radius 3 is 2.69 bits per heavy atom. The van der Waals surface area contributed by atoms with Crippen LogP contribution >= 0.6 is 20.7 Å². The van der Waals surface area contributed by atoms with Crippen molar-refractivity contribution in [2.24, 2.45) is 11.3 Å². The Hall–Kier alpha value is -0.180. The lowest BCUT2D eigenvalue weighted by Crippen LogP contribution is -2.20. The molecular formula is C12H17I. The molecule has 1 aliphatic rings. The quantitative estimate of drug-likeness (QED) is 0.542. The Kier molecular flexibility index (Phi) is 3.65. The van der Waals surface area contributed by atoms with Crippen molar-refractivity contribution in [2.45, 2.75) is 20.8 Å². The first-order valence-corrected chi connectivity index (χ1v) is 7.02. The van der Waals surface area contributed by atoms with Gasteiger partial charge < -0.3 is 0 Å². The molecule has 0 saturated heterocycles. The molecule has 0 bridgehead atoms. The Morgan fingerprint density at radius 2 is 2.23 bits per heavy atom. The standard InChI is InChI=1S/C12H17I/c1-5-12(3,4)10(2)11-7-6-8-13-9-11/h5-10H,1H2,2-4H3. The molecule has 0 spiro atoms. The molecule has 1 atom stereocenters. The molecule has 1 unspecified atom stereocenters. The summed E-state index contributed by atoms with van der Waals surface area (Å²) in [4.78, 5) is 0. The van der Waals surface area contributed by atoms with Gasteiger partial charge in [-0.15, -0.1) is 6.58 Å². The Labute approximate surface area is 91.2 Å². The van der Waals surface area contributed by atoms with E-state index in [2.05, 4.69) is 53.7 Å². The van der Waals surface area contributed by atoms with Gasteiger partial charge >= 0.3 is 0 Å². The summed E-state index contributed by atoms with van der Waals surface area (Å²) < 4.78 is 4.70. The molecule has 0 aromatic heterocycles. The second-order valence-corrected chi connectivity index (χ2v) is 6.03. The summed E-state index contributed by atoms with van der Waals surface area (Å²) in [6.45, 7) is 10.7. The highest BCUT2D eigenvalue weighted by Gasteiger charge is 2.24. The first-order chi connectivity index (χ1) is 6.08. The molecule has 1 heteroatoms. The van der Waals surface area contributed by atoms with Crippen molar-refractivity contribution in [2.75, 3.05) is 0 Å². The van der Waals surface area contributed by atoms with Crippen LogP contribution in [0, 0.1) is 11.3 Å². The number of hydrogen-bond donors (Lipinski definition) is 0. The Balaban J connectivity index is 2.84. The van der Waals surface area contributed by atoms with Gasteiger partial charge in [-0.25, -0.2) is 0 Å². The van der Waals surface area contributed by atoms with Crippen molar-refractivity contribution < 1.29 is 0 Å². The fourth-order valence-electron chi connectivity index (χ4n) is 1.18. The molecule has 1 aliphatic heterocycles. The van der Waals surface area contributed by atoms with Gasteiger partial charge in [0.05, 0.1) is 0 Å². The predicted octanol–water partition coefficient (Wildman–Crippen LogP) is 4.06. The van der Waals surface area contributed by atoms with E-state index >= 15 is 0 Å². The van der Waals surface area contributed by atoms with E-state index in [0.717, 1.165) is 0 Å². The number of hydrogen-bond acceptors (Lipinski definition) is 0. The third kappa shape index (κ3) is 2.63. The lowest BCUT2D eigenvalue weighted by Gasteiger charge is -2.29. The largest absolute Gasteiger partial charge is 0.103 e. The van der Waals surface area contributed by atoms with E-state index in [9.17, 15) is 0 Å². The average Bonchev–Trinajstić information content (AvgIpc) is 2.18. The van der Waals surface area contributed by atoms with Gasteiger partial charge in [-0.3, -0.25) is 0 Å². The van der Waals surface area contributed by atoms with Gasteiger partial charge in [0.15, 0.2) is 0 Å². The van der Waals surface area contributed by atoms with Crippen LogP contribution in [0.1, 0.15) is 20.8 Å². The molecule has 0 N–H and O–H groups in total. The van der Waals surface area contributed by atoms with E-state index in [4.69, 9.17) is 0 Å². The summed E-state index contributed by atoms with van der Waals surface area (Å²) in [6.07, 6.45) is 6.49. The molecule has 0 aliphatic carbocycles. The molecule has 0 aromatic carbocycles. The smallest absolute Gasteiger partial charge is 0.0100 e. The predicted molar refractivity (Wildman–Crippen MR) is 70.4 cm³/mol. The van der Waals surface area contributed by atoms with Crippen molar-refractivity contribution in [1.82, 2.24) is 0 Å². The van der Waals surface area contributed by atoms with Crippen LogP contribution in [-0.2, 0) is 0 Å². The van der Waals surface area contributed by atoms with Crippen LogP contribution in [-0.4, -0.2) is 4.01 Å². The molecule has 0 nitrogen and oxygen atoms in total. The van der Waals surface area contributed by atoms with Crippen molar-refractivity contribution in [3.05, 3.63) is 34.5 Å². The van der Waals surface area contributed by atoms with Crippen LogP contribution < -0.4 is 0 Å². The van der Waals surface area contributed by atoms with Crippen LogP contribution in [0.4, 0.5) is 0 Å². The molecule has 0 fully saturated rings. The zero-order valence-corrected chi connectivity index (χ0v) is 10.7. The van der Waals surface area contributed by atoms with E-state index in [-0.39, 0.29) is 26.1 Å². The van der Waals surface area contributed by atoms with E-state index in [0.29, 0.717) is 5.92 Å². The number of halogens is 1. The zero-order chi connectivity index (χ0) is 9.90. The number of rotatable bonds is 3. The molecule has 0 amide bonds. The second kappa shape index (κ2) is 4.36. The van der Waals surface area contributed by atoms with Crippen molar-refractivity contribution in [3.8, 4) is 0 Å². The SMILES string of the molecule is C=CC(C)(C)C(C)C1=CI=CC=C1. The lowest BCUT2D eigenvalue weighted by molar-refractivity contribution is 0.358. The topological polar surface area (TPSA) is 0 Å². The average molecular weight is 288 g/mol. The maximum Gasteiger partial charge on any atom is -0.0100 e. The minimum Gasteiger partial charge on any atom is -0.103 e. The highest BCUT2D eigenvalue weighted by Crippen LogP contribution is 2.35. The van der Waals surface area contributed by atoms with Crippen LogP contribution in [0.5, 0.6) is 0 Å². The maximum atomic E-state index is 3.90. The fourth-order valence-corrected chi connectivity index (χ4v) is 3.00. The third-order valence-corrected chi connectivity index (χ3v) is 4.67. The maximum absolute atomic E-state index is 3.90. The molecular weight excluding hydrogens is 271 g/mol. The molecule has 1 rings (SSSR count). The van der Waals surface area contributed by atoms with Gasteiger partial charge in [0.1, 0.15) is 0 Å². The molecule has 0 saturated carbocycles. The summed E-state index contributed by atoms with van der Waals surface area (Å²) in [5.74, 6) is 0.578. The minimum atomic E-state index is 0.179. The summed E-state index contributed by atoms with van der Waals surface area (Å²) in [5, 5.41) is 0. The first-order valence-electron chi connectivity index (χ1n) is 4.53. The summed E-state index contributed by atoms with van der Waals surface area (Å²) in [7, 11) is 0. The molecule has 72 valence electrons. The summed E-state index contributed by atoms with van der Waals surface area (Å²) in [5.41, 5.74) is 1.69. The van der Waals surface area contributed by atoms with Gasteiger partial charge in [-0.1, -0.05) is 59.7 Å². The molecule has 0 radical (unpaired) electrons. The highest BCUT2D eigenvalue weighted by molar-refractivity contribution is 14.2. The van der Waals surface area contributed by atoms with Gasteiger partial charge in [-0.05, 0) is 25.0 Å². The second-order valence-electron chi connectivity index (χ2n) is 3.97. The summed E-state index contributed by atoms with van der Waals surface area (Å²) >= 11 is 0.179. The van der Waals surface area contributed by atoms with E-state index in [1.165, 1.54) is 5.57 Å². The van der Waals surface area contributed by atoms with Gasteiger partial charge in [0, 0.05) is 0 Å². The zero-order valence-electron chi connectivity index (χ0n) is 8.55. The van der Waals surface area contributed by atoms with Gasteiger partial charge in [0.2, 0.25) is 0 Å². The monoisotopic (exact) mass is 288 g/mol. The normalized spacial score (nSPS) is 18.8. The van der Waals surface area contributed by atoms with E-state index in [1.54, 1.807) is 0 Å². The summed E-state index contributed by atoms with van der Waals surface area (Å²) in [6, 6.07) is 0.